The second-order valence-corrected chi connectivity index (χ2v) is 9.64. The van der Waals surface area contributed by atoms with E-state index in [1.165, 1.54) is 17.7 Å². The van der Waals surface area contributed by atoms with Crippen LogP contribution in [0.2, 0.25) is 5.02 Å². The molecule has 2 aromatic carbocycles. The molecule has 2 aliphatic rings. The molecule has 0 spiro atoms. The molecule has 0 saturated carbocycles. The van der Waals surface area contributed by atoms with Crippen molar-refractivity contribution in [2.75, 3.05) is 0 Å². The Morgan fingerprint density at radius 2 is 1.70 bits per heavy atom. The topological polar surface area (TPSA) is 46.2 Å². The SMILES string of the molecule is CC(C)(C)c1ccc(C2CC(=O)C3=C(C2)NC(=O)CC3c2c(F)cccc2Cl)cc1. The third-order valence-electron chi connectivity index (χ3n) is 6.13. The molecule has 2 atom stereocenters. The fourth-order valence-corrected chi connectivity index (χ4v) is 4.84. The normalized spacial score (nSPS) is 22.0. The molecule has 30 heavy (non-hydrogen) atoms. The lowest BCUT2D eigenvalue weighted by molar-refractivity contribution is -0.122. The average Bonchev–Trinajstić information content (AvgIpc) is 2.66. The number of ketones is 1. The van der Waals surface area contributed by atoms with E-state index < -0.39 is 11.7 Å². The third-order valence-corrected chi connectivity index (χ3v) is 6.46. The van der Waals surface area contributed by atoms with Gasteiger partial charge in [0.05, 0.1) is 0 Å². The van der Waals surface area contributed by atoms with Gasteiger partial charge in [-0.2, -0.15) is 0 Å². The van der Waals surface area contributed by atoms with E-state index in [2.05, 4.69) is 50.4 Å². The molecule has 1 N–H and O–H groups in total. The maximum Gasteiger partial charge on any atom is 0.225 e. The van der Waals surface area contributed by atoms with Gasteiger partial charge in [-0.25, -0.2) is 4.39 Å². The van der Waals surface area contributed by atoms with Crippen molar-refractivity contribution < 1.29 is 14.0 Å². The Balaban J connectivity index is 1.70. The maximum absolute atomic E-state index is 14.6. The van der Waals surface area contributed by atoms with Gasteiger partial charge in [-0.15, -0.1) is 0 Å². The summed E-state index contributed by atoms with van der Waals surface area (Å²) in [6, 6.07) is 12.8. The number of Topliss-reactive ketones (excluding diaryl/α,β-unsaturated/α-hetero) is 1. The second kappa shape index (κ2) is 7.66. The first kappa shape index (κ1) is 20.8. The summed E-state index contributed by atoms with van der Waals surface area (Å²) in [6.07, 6.45) is 0.909. The fraction of sp³-hybridized carbons (Fsp3) is 0.360. The molecule has 1 heterocycles. The molecule has 156 valence electrons. The molecule has 0 fully saturated rings. The van der Waals surface area contributed by atoms with E-state index in [1.54, 1.807) is 6.07 Å². The van der Waals surface area contributed by atoms with Crippen LogP contribution in [0.25, 0.3) is 0 Å². The molecular weight excluding hydrogens is 401 g/mol. The van der Waals surface area contributed by atoms with Crippen LogP contribution in [0.5, 0.6) is 0 Å². The van der Waals surface area contributed by atoms with Crippen LogP contribution >= 0.6 is 11.6 Å². The molecule has 0 radical (unpaired) electrons. The molecule has 0 aromatic heterocycles. The van der Waals surface area contributed by atoms with E-state index in [-0.39, 0.29) is 40.0 Å². The number of carbonyl (C=O) groups is 2. The van der Waals surface area contributed by atoms with Gasteiger partial charge in [-0.3, -0.25) is 9.59 Å². The van der Waals surface area contributed by atoms with Crippen molar-refractivity contribution in [2.45, 2.75) is 57.3 Å². The molecule has 4 rings (SSSR count). The highest BCUT2D eigenvalue weighted by Crippen LogP contribution is 2.44. The third kappa shape index (κ3) is 3.81. The minimum absolute atomic E-state index is 0.0135. The summed E-state index contributed by atoms with van der Waals surface area (Å²) in [5.41, 5.74) is 3.71. The highest BCUT2D eigenvalue weighted by molar-refractivity contribution is 6.31. The molecule has 2 unspecified atom stereocenters. The zero-order chi connectivity index (χ0) is 21.6. The van der Waals surface area contributed by atoms with Gasteiger partial charge in [0.15, 0.2) is 5.78 Å². The van der Waals surface area contributed by atoms with E-state index >= 15 is 0 Å². The Hall–Kier alpha value is -2.46. The summed E-state index contributed by atoms with van der Waals surface area (Å²) < 4.78 is 14.6. The number of nitrogens with one attached hydrogen (secondary N) is 1. The molecule has 1 amide bonds. The first-order chi connectivity index (χ1) is 14.1. The molecule has 5 heteroatoms. The highest BCUT2D eigenvalue weighted by Gasteiger charge is 2.39. The van der Waals surface area contributed by atoms with Crippen molar-refractivity contribution in [3.8, 4) is 0 Å². The summed E-state index contributed by atoms with van der Waals surface area (Å²) in [4.78, 5) is 25.6. The lowest BCUT2D eigenvalue weighted by atomic mass is 9.73. The minimum Gasteiger partial charge on any atom is -0.329 e. The van der Waals surface area contributed by atoms with Crippen LogP contribution in [-0.4, -0.2) is 11.7 Å². The zero-order valence-electron chi connectivity index (χ0n) is 17.4. The highest BCUT2D eigenvalue weighted by atomic mass is 35.5. The van der Waals surface area contributed by atoms with E-state index in [0.717, 1.165) is 5.56 Å². The van der Waals surface area contributed by atoms with Gasteiger partial charge in [0.1, 0.15) is 5.82 Å². The van der Waals surface area contributed by atoms with Gasteiger partial charge in [0.2, 0.25) is 5.91 Å². The largest absolute Gasteiger partial charge is 0.329 e. The standard InChI is InChI=1S/C25H25ClFNO2/c1-25(2,3)16-9-7-14(8-10-16)15-11-20-24(21(29)12-15)17(13-22(30)28-20)23-18(26)5-4-6-19(23)27/h4-10,15,17H,11-13H2,1-3H3,(H,28,30). The number of allylic oxidation sites excluding steroid dienone is 2. The molecule has 1 aliphatic carbocycles. The van der Waals surface area contributed by atoms with E-state index in [9.17, 15) is 14.0 Å². The van der Waals surface area contributed by atoms with E-state index in [0.29, 0.717) is 24.1 Å². The van der Waals surface area contributed by atoms with Crippen LogP contribution in [0.1, 0.15) is 68.6 Å². The monoisotopic (exact) mass is 425 g/mol. The predicted octanol–water partition coefficient (Wildman–Crippen LogP) is 5.78. The molecule has 2 aromatic rings. The van der Waals surface area contributed by atoms with Crippen molar-refractivity contribution in [3.63, 3.8) is 0 Å². The van der Waals surface area contributed by atoms with Crippen molar-refractivity contribution in [2.24, 2.45) is 0 Å². The smallest absolute Gasteiger partial charge is 0.225 e. The molecular formula is C25H25ClFNO2. The van der Waals surface area contributed by atoms with Crippen LogP contribution in [0.3, 0.4) is 0 Å². The average molecular weight is 426 g/mol. The van der Waals surface area contributed by atoms with E-state index in [4.69, 9.17) is 11.6 Å². The molecule has 0 bridgehead atoms. The molecule has 3 nitrogen and oxygen atoms in total. The summed E-state index contributed by atoms with van der Waals surface area (Å²) in [6.45, 7) is 6.48. The maximum atomic E-state index is 14.6. The minimum atomic E-state index is -0.640. The molecule has 0 saturated heterocycles. The predicted molar refractivity (Wildman–Crippen MR) is 116 cm³/mol. The lowest BCUT2D eigenvalue weighted by Crippen LogP contribution is -2.38. The first-order valence-electron chi connectivity index (χ1n) is 10.3. The number of carbonyl (C=O) groups excluding carboxylic acids is 2. The zero-order valence-corrected chi connectivity index (χ0v) is 18.1. The van der Waals surface area contributed by atoms with Crippen molar-refractivity contribution in [1.82, 2.24) is 5.32 Å². The van der Waals surface area contributed by atoms with Crippen LogP contribution in [0.4, 0.5) is 4.39 Å². The van der Waals surface area contributed by atoms with Gasteiger partial charge in [-0.05, 0) is 41.0 Å². The van der Waals surface area contributed by atoms with Crippen LogP contribution < -0.4 is 5.32 Å². The van der Waals surface area contributed by atoms with Gasteiger partial charge in [0.25, 0.3) is 0 Å². The number of rotatable bonds is 2. The van der Waals surface area contributed by atoms with E-state index in [1.807, 2.05) is 0 Å². The summed E-state index contributed by atoms with van der Waals surface area (Å²) in [5.74, 6) is -1.40. The van der Waals surface area contributed by atoms with Crippen molar-refractivity contribution >= 4 is 23.3 Å². The quantitative estimate of drug-likeness (QED) is 0.662. The Kier molecular flexibility index (Phi) is 5.31. The van der Waals surface area contributed by atoms with Gasteiger partial charge in [-0.1, -0.05) is 62.7 Å². The number of hydrogen-bond donors (Lipinski definition) is 1. The fourth-order valence-electron chi connectivity index (χ4n) is 4.54. The van der Waals surface area contributed by atoms with Crippen molar-refractivity contribution in [1.29, 1.82) is 0 Å². The summed E-state index contributed by atoms with van der Waals surface area (Å²) >= 11 is 6.26. The summed E-state index contributed by atoms with van der Waals surface area (Å²) in [7, 11) is 0. The second-order valence-electron chi connectivity index (χ2n) is 9.23. The van der Waals surface area contributed by atoms with Gasteiger partial charge in [0, 0.05) is 40.6 Å². The Morgan fingerprint density at radius 1 is 1.00 bits per heavy atom. The van der Waals surface area contributed by atoms with Gasteiger partial charge < -0.3 is 5.32 Å². The molecule has 1 aliphatic heterocycles. The van der Waals surface area contributed by atoms with Crippen LogP contribution in [0.15, 0.2) is 53.7 Å². The van der Waals surface area contributed by atoms with Crippen LogP contribution in [0, 0.1) is 5.82 Å². The Morgan fingerprint density at radius 3 is 2.33 bits per heavy atom. The number of halogens is 2. The first-order valence-corrected chi connectivity index (χ1v) is 10.6. The number of hydrogen-bond acceptors (Lipinski definition) is 2. The van der Waals surface area contributed by atoms with Crippen molar-refractivity contribution in [3.05, 3.63) is 81.3 Å². The number of benzene rings is 2. The Bertz CT molecular complexity index is 1030. The lowest BCUT2D eigenvalue weighted by Gasteiger charge is -2.35. The Labute approximate surface area is 181 Å². The number of amides is 1. The summed E-state index contributed by atoms with van der Waals surface area (Å²) in [5, 5.41) is 3.12. The van der Waals surface area contributed by atoms with Gasteiger partial charge >= 0.3 is 0 Å². The van der Waals surface area contributed by atoms with Crippen LogP contribution in [-0.2, 0) is 15.0 Å².